The van der Waals surface area contributed by atoms with Crippen molar-refractivity contribution in [1.29, 1.82) is 0 Å². The third-order valence-corrected chi connectivity index (χ3v) is 8.21. The highest BCUT2D eigenvalue weighted by Crippen LogP contribution is 2.41. The van der Waals surface area contributed by atoms with E-state index in [1.54, 1.807) is 4.31 Å². The summed E-state index contributed by atoms with van der Waals surface area (Å²) in [4.78, 5) is 0. The lowest BCUT2D eigenvalue weighted by atomic mass is 9.84. The molecule has 4 aliphatic rings. The molecule has 0 bridgehead atoms. The number of aromatic nitrogens is 2. The lowest BCUT2D eigenvalue weighted by Crippen LogP contribution is -2.45. The van der Waals surface area contributed by atoms with Crippen LogP contribution in [0, 0.1) is 11.8 Å². The summed E-state index contributed by atoms with van der Waals surface area (Å²) in [5, 5.41) is 8.18. The highest BCUT2D eigenvalue weighted by Gasteiger charge is 2.47. The first-order valence-electron chi connectivity index (χ1n) is 9.04. The van der Waals surface area contributed by atoms with E-state index in [4.69, 9.17) is 9.15 Å². The summed E-state index contributed by atoms with van der Waals surface area (Å²) in [6.45, 7) is 1.86. The van der Waals surface area contributed by atoms with E-state index in [1.165, 1.54) is 0 Å². The molecule has 0 spiro atoms. The standard InChI is InChI=1S/C16H23N3O4S/c20-24(21,12-3-4-12)19-6-5-13-11(8-19)9-22-14(13)7-15-17-18-16(23-15)10-1-2-10/h10-14H,1-9H2/t11-,13-,14-/m1/s1. The number of nitrogens with zero attached hydrogens (tertiary/aromatic N) is 3. The summed E-state index contributed by atoms with van der Waals surface area (Å²) < 4.78 is 38.3. The minimum absolute atomic E-state index is 0.0771. The molecule has 2 saturated heterocycles. The van der Waals surface area contributed by atoms with Gasteiger partial charge < -0.3 is 9.15 Å². The van der Waals surface area contributed by atoms with Crippen molar-refractivity contribution in [2.24, 2.45) is 11.8 Å². The normalized spacial score (nSPS) is 34.4. The lowest BCUT2D eigenvalue weighted by molar-refractivity contribution is 0.0824. The number of fused-ring (bicyclic) bond motifs is 1. The van der Waals surface area contributed by atoms with Crippen molar-refractivity contribution in [1.82, 2.24) is 14.5 Å². The monoisotopic (exact) mass is 353 g/mol. The average molecular weight is 353 g/mol. The maximum Gasteiger partial charge on any atom is 0.219 e. The van der Waals surface area contributed by atoms with Gasteiger partial charge in [0, 0.05) is 24.9 Å². The summed E-state index contributed by atoms with van der Waals surface area (Å²) >= 11 is 0. The van der Waals surface area contributed by atoms with Crippen LogP contribution in [0.3, 0.4) is 0 Å². The Labute approximate surface area is 141 Å². The van der Waals surface area contributed by atoms with Crippen LogP contribution < -0.4 is 0 Å². The number of rotatable bonds is 5. The largest absolute Gasteiger partial charge is 0.425 e. The molecule has 0 amide bonds. The molecule has 2 aliphatic carbocycles. The van der Waals surface area contributed by atoms with Gasteiger partial charge in [-0.3, -0.25) is 0 Å². The van der Waals surface area contributed by atoms with Crippen molar-refractivity contribution >= 4 is 10.0 Å². The number of hydrogen-bond donors (Lipinski definition) is 0. The second-order valence-electron chi connectivity index (χ2n) is 7.70. The topological polar surface area (TPSA) is 85.5 Å². The Balaban J connectivity index is 1.23. The fourth-order valence-corrected chi connectivity index (χ4v) is 6.00. The fourth-order valence-electron chi connectivity index (χ4n) is 4.09. The van der Waals surface area contributed by atoms with Gasteiger partial charge in [-0.05, 0) is 38.0 Å². The third-order valence-electron chi connectivity index (χ3n) is 5.85. The maximum absolute atomic E-state index is 12.4. The molecule has 8 heteroatoms. The maximum atomic E-state index is 12.4. The van der Waals surface area contributed by atoms with Gasteiger partial charge in [-0.2, -0.15) is 0 Å². The molecule has 0 N–H and O–H groups in total. The second-order valence-corrected chi connectivity index (χ2v) is 9.91. The van der Waals surface area contributed by atoms with Crippen molar-refractivity contribution in [3.05, 3.63) is 11.8 Å². The SMILES string of the molecule is O=S(=O)(C1CC1)N1CC[C@@H]2[C@@H](CO[C@@H]2Cc2nnc(C3CC3)o2)C1. The predicted octanol–water partition coefficient (Wildman–Crippen LogP) is 1.32. The Kier molecular flexibility index (Phi) is 3.50. The summed E-state index contributed by atoms with van der Waals surface area (Å²) in [7, 11) is -3.07. The van der Waals surface area contributed by atoms with Gasteiger partial charge in [0.1, 0.15) is 0 Å². The van der Waals surface area contributed by atoms with Gasteiger partial charge in [0.15, 0.2) is 0 Å². The molecular weight excluding hydrogens is 330 g/mol. The van der Waals surface area contributed by atoms with Gasteiger partial charge in [0.05, 0.1) is 24.4 Å². The number of ether oxygens (including phenoxy) is 1. The van der Waals surface area contributed by atoms with Crippen molar-refractivity contribution in [2.45, 2.75) is 55.8 Å². The molecule has 0 aromatic carbocycles. The molecule has 0 unspecified atom stereocenters. The van der Waals surface area contributed by atoms with Gasteiger partial charge in [-0.25, -0.2) is 12.7 Å². The van der Waals surface area contributed by atoms with Crippen LogP contribution >= 0.6 is 0 Å². The molecular formula is C16H23N3O4S. The molecule has 2 aliphatic heterocycles. The Morgan fingerprint density at radius 2 is 1.96 bits per heavy atom. The molecule has 3 atom stereocenters. The first-order valence-corrected chi connectivity index (χ1v) is 10.5. The van der Waals surface area contributed by atoms with Crippen LogP contribution in [0.5, 0.6) is 0 Å². The molecule has 4 fully saturated rings. The highest BCUT2D eigenvalue weighted by atomic mass is 32.2. The van der Waals surface area contributed by atoms with Gasteiger partial charge >= 0.3 is 0 Å². The van der Waals surface area contributed by atoms with Crippen LogP contribution in [-0.4, -0.2) is 54.0 Å². The minimum Gasteiger partial charge on any atom is -0.425 e. The summed E-state index contributed by atoms with van der Waals surface area (Å²) in [5.41, 5.74) is 0. The van der Waals surface area contributed by atoms with E-state index in [1.807, 2.05) is 0 Å². The van der Waals surface area contributed by atoms with Crippen LogP contribution in [0.25, 0.3) is 0 Å². The zero-order chi connectivity index (χ0) is 16.3. The van der Waals surface area contributed by atoms with Crippen LogP contribution in [0.4, 0.5) is 0 Å². The van der Waals surface area contributed by atoms with E-state index in [2.05, 4.69) is 10.2 Å². The van der Waals surface area contributed by atoms with Crippen LogP contribution in [0.1, 0.15) is 49.8 Å². The van der Waals surface area contributed by atoms with Crippen molar-refractivity contribution in [2.75, 3.05) is 19.7 Å². The van der Waals surface area contributed by atoms with Crippen molar-refractivity contribution in [3.63, 3.8) is 0 Å². The molecule has 1 aromatic rings. The van der Waals surface area contributed by atoms with E-state index in [0.29, 0.717) is 49.8 Å². The van der Waals surface area contributed by atoms with Crippen molar-refractivity contribution < 1.29 is 17.6 Å². The van der Waals surface area contributed by atoms with E-state index < -0.39 is 10.0 Å². The van der Waals surface area contributed by atoms with Crippen LogP contribution in [-0.2, 0) is 21.2 Å². The number of piperidine rings is 1. The average Bonchev–Trinajstić information content (AvgIpc) is 3.50. The zero-order valence-corrected chi connectivity index (χ0v) is 14.5. The number of sulfonamides is 1. The van der Waals surface area contributed by atoms with E-state index >= 15 is 0 Å². The molecule has 24 heavy (non-hydrogen) atoms. The quantitative estimate of drug-likeness (QED) is 0.794. The summed E-state index contributed by atoms with van der Waals surface area (Å²) in [6, 6.07) is 0. The summed E-state index contributed by atoms with van der Waals surface area (Å²) in [6.07, 6.45) is 5.54. The predicted molar refractivity (Wildman–Crippen MR) is 84.8 cm³/mol. The molecule has 5 rings (SSSR count). The molecule has 7 nitrogen and oxygen atoms in total. The number of hydrogen-bond acceptors (Lipinski definition) is 6. The lowest BCUT2D eigenvalue weighted by Gasteiger charge is -2.34. The summed E-state index contributed by atoms with van der Waals surface area (Å²) in [5.74, 6) is 2.59. The van der Waals surface area contributed by atoms with Gasteiger partial charge in [0.2, 0.25) is 21.8 Å². The Morgan fingerprint density at radius 1 is 1.12 bits per heavy atom. The second kappa shape index (κ2) is 5.51. The smallest absolute Gasteiger partial charge is 0.219 e. The zero-order valence-electron chi connectivity index (χ0n) is 13.6. The van der Waals surface area contributed by atoms with E-state index in [-0.39, 0.29) is 11.4 Å². The molecule has 0 radical (unpaired) electrons. The molecule has 3 heterocycles. The van der Waals surface area contributed by atoms with E-state index in [9.17, 15) is 8.42 Å². The fraction of sp³-hybridized carbons (Fsp3) is 0.875. The Hall–Kier alpha value is -0.990. The molecule has 132 valence electrons. The molecule has 1 aromatic heterocycles. The molecule has 2 saturated carbocycles. The van der Waals surface area contributed by atoms with Gasteiger partial charge in [-0.15, -0.1) is 10.2 Å². The third kappa shape index (κ3) is 2.68. The Bertz CT molecular complexity index is 725. The van der Waals surface area contributed by atoms with E-state index in [0.717, 1.165) is 38.0 Å². The Morgan fingerprint density at radius 3 is 2.71 bits per heavy atom. The van der Waals surface area contributed by atoms with Gasteiger partial charge in [-0.1, -0.05) is 0 Å². The first kappa shape index (κ1) is 15.3. The van der Waals surface area contributed by atoms with Crippen LogP contribution in [0.2, 0.25) is 0 Å². The first-order chi connectivity index (χ1) is 11.6. The minimum atomic E-state index is -3.07. The van der Waals surface area contributed by atoms with Crippen molar-refractivity contribution in [3.8, 4) is 0 Å². The van der Waals surface area contributed by atoms with Crippen LogP contribution in [0.15, 0.2) is 4.42 Å². The highest BCUT2D eigenvalue weighted by molar-refractivity contribution is 7.90. The van der Waals surface area contributed by atoms with Gasteiger partial charge in [0.25, 0.3) is 0 Å².